The molecule has 0 amide bonds. The molecule has 2 aliphatic heterocycles. The summed E-state index contributed by atoms with van der Waals surface area (Å²) < 4.78 is 22.9. The molecule has 0 radical (unpaired) electrons. The number of fused-ring (bicyclic) bond motifs is 5. The van der Waals surface area contributed by atoms with Gasteiger partial charge in [-0.2, -0.15) is 0 Å². The maximum atomic E-state index is 13.0. The highest BCUT2D eigenvalue weighted by atomic mass is 16.7. The fourth-order valence-corrected chi connectivity index (χ4v) is 9.98. The second kappa shape index (κ2) is 9.60. The number of carbonyl (C=O) groups excluding carboxylic acids is 2. The predicted molar refractivity (Wildman–Crippen MR) is 138 cm³/mol. The quantitative estimate of drug-likeness (QED) is 0.269. The van der Waals surface area contributed by atoms with Crippen LogP contribution in [0, 0.1) is 28.6 Å². The van der Waals surface area contributed by atoms with Crippen molar-refractivity contribution in [3.05, 3.63) is 11.6 Å². The van der Waals surface area contributed by atoms with Gasteiger partial charge in [0.1, 0.15) is 19.0 Å². The van der Waals surface area contributed by atoms with Gasteiger partial charge in [-0.1, -0.05) is 6.92 Å². The van der Waals surface area contributed by atoms with Crippen molar-refractivity contribution in [2.24, 2.45) is 28.6 Å². The van der Waals surface area contributed by atoms with E-state index in [0.29, 0.717) is 51.6 Å². The number of methoxy groups -OCH3 is 1. The number of hydrogen-bond donors (Lipinski definition) is 3. The van der Waals surface area contributed by atoms with Crippen molar-refractivity contribution in [3.63, 3.8) is 0 Å². The average Bonchev–Trinajstić information content (AvgIpc) is 3.45. The SMILES string of the molecule is CO[C@H]1C[C@H](O[C@H]2CC[C@]3(C=O)C4CC[C@]5(C)[C@@H](C6=CC(=O)OC6)CC[C@]5(O)[C@@H]4CC[C@]3(O)C2)O[C@H](C)[C@H]1O. The lowest BCUT2D eigenvalue weighted by Gasteiger charge is -2.65. The minimum absolute atomic E-state index is 0.0827. The van der Waals surface area contributed by atoms with Gasteiger partial charge < -0.3 is 39.1 Å². The summed E-state index contributed by atoms with van der Waals surface area (Å²) in [5.74, 6) is -0.420. The molecule has 1 unspecified atom stereocenters. The average molecular weight is 549 g/mol. The second-order valence-corrected chi connectivity index (χ2v) is 13.5. The minimum Gasteiger partial charge on any atom is -0.458 e. The van der Waals surface area contributed by atoms with Gasteiger partial charge in [0, 0.05) is 31.4 Å². The van der Waals surface area contributed by atoms with Crippen LogP contribution in [0.3, 0.4) is 0 Å². The molecule has 218 valence electrons. The Morgan fingerprint density at radius 1 is 1.08 bits per heavy atom. The fraction of sp³-hybridized carbons (Fsp3) is 0.867. The zero-order valence-corrected chi connectivity index (χ0v) is 23.3. The first-order chi connectivity index (χ1) is 18.5. The topological polar surface area (TPSA) is 132 Å². The van der Waals surface area contributed by atoms with E-state index in [-0.39, 0.29) is 35.9 Å². The van der Waals surface area contributed by atoms with Gasteiger partial charge in [0.25, 0.3) is 0 Å². The van der Waals surface area contributed by atoms with Crippen molar-refractivity contribution < 1.29 is 43.9 Å². The maximum absolute atomic E-state index is 13.0. The number of esters is 1. The van der Waals surface area contributed by atoms with Gasteiger partial charge in [0.2, 0.25) is 0 Å². The number of cyclic esters (lactones) is 1. The Bertz CT molecular complexity index is 1030. The zero-order valence-electron chi connectivity index (χ0n) is 23.3. The van der Waals surface area contributed by atoms with Crippen molar-refractivity contribution in [1.29, 1.82) is 0 Å². The number of hydrogen-bond acceptors (Lipinski definition) is 9. The smallest absolute Gasteiger partial charge is 0.331 e. The Labute approximate surface area is 230 Å². The molecule has 4 aliphatic carbocycles. The highest BCUT2D eigenvalue weighted by molar-refractivity contribution is 5.85. The van der Waals surface area contributed by atoms with Gasteiger partial charge >= 0.3 is 5.97 Å². The van der Waals surface area contributed by atoms with E-state index < -0.39 is 40.5 Å². The van der Waals surface area contributed by atoms with Crippen LogP contribution in [0.5, 0.6) is 0 Å². The number of carbonyl (C=O) groups is 2. The molecule has 0 spiro atoms. The molecule has 5 fully saturated rings. The van der Waals surface area contributed by atoms with Gasteiger partial charge in [-0.3, -0.25) is 0 Å². The largest absolute Gasteiger partial charge is 0.458 e. The van der Waals surface area contributed by atoms with Crippen molar-refractivity contribution in [2.75, 3.05) is 13.7 Å². The van der Waals surface area contributed by atoms with Crippen LogP contribution in [0.4, 0.5) is 0 Å². The molecule has 0 aromatic heterocycles. The van der Waals surface area contributed by atoms with E-state index in [1.54, 1.807) is 20.1 Å². The molecule has 0 aromatic carbocycles. The molecular formula is C30H44O9. The molecule has 39 heavy (non-hydrogen) atoms. The maximum Gasteiger partial charge on any atom is 0.331 e. The predicted octanol–water partition coefficient (Wildman–Crippen LogP) is 2.43. The number of aliphatic hydroxyl groups excluding tert-OH is 1. The molecule has 12 atom stereocenters. The number of rotatable bonds is 5. The molecule has 9 nitrogen and oxygen atoms in total. The highest BCUT2D eigenvalue weighted by Crippen LogP contribution is 2.70. The Morgan fingerprint density at radius 2 is 1.85 bits per heavy atom. The van der Waals surface area contributed by atoms with Crippen LogP contribution >= 0.6 is 0 Å². The van der Waals surface area contributed by atoms with Crippen LogP contribution in [0.1, 0.15) is 78.1 Å². The lowest BCUT2D eigenvalue weighted by molar-refractivity contribution is -0.287. The molecule has 6 aliphatic rings. The first-order valence-electron chi connectivity index (χ1n) is 14.8. The van der Waals surface area contributed by atoms with Crippen LogP contribution in [-0.2, 0) is 28.5 Å². The lowest BCUT2D eigenvalue weighted by atomic mass is 9.41. The van der Waals surface area contributed by atoms with E-state index in [0.717, 1.165) is 31.1 Å². The van der Waals surface area contributed by atoms with Gasteiger partial charge in [-0.05, 0) is 81.6 Å². The van der Waals surface area contributed by atoms with E-state index in [9.17, 15) is 24.9 Å². The van der Waals surface area contributed by atoms with Gasteiger partial charge in [-0.15, -0.1) is 0 Å². The highest BCUT2D eigenvalue weighted by Gasteiger charge is 2.71. The molecule has 0 bridgehead atoms. The summed E-state index contributed by atoms with van der Waals surface area (Å²) in [6.07, 6.45) is 6.10. The summed E-state index contributed by atoms with van der Waals surface area (Å²) >= 11 is 0. The molecule has 9 heteroatoms. The van der Waals surface area contributed by atoms with E-state index in [1.807, 2.05) is 0 Å². The molecule has 1 saturated heterocycles. The van der Waals surface area contributed by atoms with E-state index in [2.05, 4.69) is 6.92 Å². The van der Waals surface area contributed by atoms with E-state index >= 15 is 0 Å². The summed E-state index contributed by atoms with van der Waals surface area (Å²) in [6, 6.07) is 0. The third-order valence-corrected chi connectivity index (χ3v) is 12.1. The number of aliphatic hydroxyl groups is 3. The van der Waals surface area contributed by atoms with Crippen LogP contribution < -0.4 is 0 Å². The van der Waals surface area contributed by atoms with Crippen LogP contribution in [0.15, 0.2) is 11.6 Å². The Balaban J connectivity index is 1.21. The number of ether oxygens (including phenoxy) is 4. The molecule has 0 aromatic rings. The van der Waals surface area contributed by atoms with Crippen molar-refractivity contribution in [1.82, 2.24) is 0 Å². The molecule has 3 N–H and O–H groups in total. The number of aldehydes is 1. The van der Waals surface area contributed by atoms with Gasteiger partial charge in [0.05, 0.1) is 34.9 Å². The fourth-order valence-electron chi connectivity index (χ4n) is 9.98. The summed E-state index contributed by atoms with van der Waals surface area (Å²) in [4.78, 5) is 24.8. The Morgan fingerprint density at radius 3 is 2.54 bits per heavy atom. The van der Waals surface area contributed by atoms with E-state index in [1.165, 1.54) is 0 Å². The summed E-state index contributed by atoms with van der Waals surface area (Å²) in [5, 5.41) is 34.8. The summed E-state index contributed by atoms with van der Waals surface area (Å²) in [5.41, 5.74) is -2.52. The first-order valence-corrected chi connectivity index (χ1v) is 14.8. The van der Waals surface area contributed by atoms with Crippen LogP contribution in [0.25, 0.3) is 0 Å². The monoisotopic (exact) mass is 548 g/mol. The molecule has 2 heterocycles. The van der Waals surface area contributed by atoms with Crippen LogP contribution in [0.2, 0.25) is 0 Å². The zero-order chi connectivity index (χ0) is 27.8. The lowest BCUT2D eigenvalue weighted by Crippen LogP contribution is -2.69. The molecule has 4 saturated carbocycles. The third-order valence-electron chi connectivity index (χ3n) is 12.1. The summed E-state index contributed by atoms with van der Waals surface area (Å²) in [7, 11) is 1.57. The Kier molecular flexibility index (Phi) is 6.84. The van der Waals surface area contributed by atoms with Gasteiger partial charge in [0.15, 0.2) is 6.29 Å². The van der Waals surface area contributed by atoms with Gasteiger partial charge in [-0.25, -0.2) is 4.79 Å². The molecular weight excluding hydrogens is 504 g/mol. The standard InChI is InChI=1S/C30H44O9/c1-17-26(33)23(36-3)13-25(38-17)39-19-4-9-28(16-31)21-5-8-27(2)20(18-12-24(32)37-15-18)7-11-30(27,35)22(21)6-10-29(28,34)14-19/h12,16-17,19-23,25-26,33-35H,4-11,13-15H2,1-3H3/t17-,19+,20-,21?,22-,23+,25+,26-,27-,28+,29+,30+/m1/s1. The van der Waals surface area contributed by atoms with E-state index in [4.69, 9.17) is 18.9 Å². The van der Waals surface area contributed by atoms with Crippen molar-refractivity contribution in [3.8, 4) is 0 Å². The van der Waals surface area contributed by atoms with Crippen LogP contribution in [-0.4, -0.2) is 83.2 Å². The normalized spacial score (nSPS) is 53.3. The van der Waals surface area contributed by atoms with Crippen molar-refractivity contribution >= 4 is 12.3 Å². The Hall–Kier alpha value is -1.36. The molecule has 6 rings (SSSR count). The second-order valence-electron chi connectivity index (χ2n) is 13.5. The summed E-state index contributed by atoms with van der Waals surface area (Å²) in [6.45, 7) is 4.25. The third kappa shape index (κ3) is 3.94. The minimum atomic E-state index is -1.21. The first kappa shape index (κ1) is 27.8. The van der Waals surface area contributed by atoms with Crippen molar-refractivity contribution in [2.45, 2.75) is 120 Å².